The topological polar surface area (TPSA) is 109 Å². The second-order valence-electron chi connectivity index (χ2n) is 11.3. The van der Waals surface area contributed by atoms with Gasteiger partial charge in [-0.05, 0) is 19.3 Å². The molecule has 196 valence electrons. The average Bonchev–Trinajstić information content (AvgIpc) is 3.25. The van der Waals surface area contributed by atoms with E-state index < -0.39 is 0 Å². The Labute approximate surface area is 219 Å². The van der Waals surface area contributed by atoms with E-state index in [0.29, 0.717) is 35.6 Å². The minimum Gasteiger partial charge on any atom is -0.454 e. The van der Waals surface area contributed by atoms with E-state index in [-0.39, 0.29) is 11.5 Å². The molecule has 38 heavy (non-hydrogen) atoms. The fourth-order valence-corrected chi connectivity index (χ4v) is 5.09. The van der Waals surface area contributed by atoms with Gasteiger partial charge in [0.05, 0.1) is 41.8 Å². The van der Waals surface area contributed by atoms with Gasteiger partial charge in [-0.2, -0.15) is 15.2 Å². The minimum absolute atomic E-state index is 0.0517. The molecule has 7 rings (SSSR count). The van der Waals surface area contributed by atoms with Crippen molar-refractivity contribution in [2.45, 2.75) is 57.4 Å². The van der Waals surface area contributed by atoms with E-state index in [1.54, 1.807) is 23.2 Å². The molecule has 0 spiro atoms. The number of nitrogens with one attached hydrogen (secondary N) is 1. The zero-order valence-electron chi connectivity index (χ0n) is 22.0. The Kier molecular flexibility index (Phi) is 5.19. The van der Waals surface area contributed by atoms with Crippen LogP contribution in [0.5, 0.6) is 11.5 Å². The lowest BCUT2D eigenvalue weighted by Gasteiger charge is -2.22. The third-order valence-corrected chi connectivity index (χ3v) is 7.31. The quantitative estimate of drug-likeness (QED) is 0.342. The average molecular weight is 514 g/mol. The fourth-order valence-electron chi connectivity index (χ4n) is 5.09. The second-order valence-corrected chi connectivity index (χ2v) is 11.3. The number of anilines is 2. The van der Waals surface area contributed by atoms with Crippen LogP contribution in [0.2, 0.25) is 0 Å². The van der Waals surface area contributed by atoms with E-state index in [4.69, 9.17) is 19.6 Å². The van der Waals surface area contributed by atoms with Gasteiger partial charge >= 0.3 is 0 Å². The molecule has 0 unspecified atom stereocenters. The number of aromatic nitrogens is 8. The van der Waals surface area contributed by atoms with Crippen LogP contribution in [0.15, 0.2) is 36.9 Å². The highest BCUT2D eigenvalue weighted by Crippen LogP contribution is 2.41. The molecule has 0 bridgehead atoms. The smallest absolute Gasteiger partial charge is 0.210 e. The van der Waals surface area contributed by atoms with Gasteiger partial charge in [0, 0.05) is 48.9 Å². The van der Waals surface area contributed by atoms with Crippen molar-refractivity contribution in [3.8, 4) is 11.5 Å². The molecular weight excluding hydrogens is 482 g/mol. The summed E-state index contributed by atoms with van der Waals surface area (Å²) >= 11 is 0. The van der Waals surface area contributed by atoms with Crippen molar-refractivity contribution in [2.75, 3.05) is 18.5 Å². The molecule has 1 aliphatic heterocycles. The lowest BCUT2D eigenvalue weighted by Crippen LogP contribution is -2.22. The summed E-state index contributed by atoms with van der Waals surface area (Å²) < 4.78 is 17.7. The van der Waals surface area contributed by atoms with Gasteiger partial charge in [0.1, 0.15) is 17.8 Å². The molecule has 5 aromatic heterocycles. The number of rotatable bonds is 6. The highest BCUT2D eigenvalue weighted by atomic mass is 16.5. The zero-order chi connectivity index (χ0) is 26.0. The minimum atomic E-state index is -0.0517. The molecule has 11 nitrogen and oxygen atoms in total. The first kappa shape index (κ1) is 23.2. The maximum Gasteiger partial charge on any atom is 0.210 e. The summed E-state index contributed by atoms with van der Waals surface area (Å²) in [6.45, 7) is 8.06. The Bertz CT molecular complexity index is 1650. The molecular formula is C27H31N9O2. The zero-order valence-corrected chi connectivity index (χ0v) is 22.0. The molecule has 5 aromatic rings. The first-order valence-corrected chi connectivity index (χ1v) is 13.1. The monoisotopic (exact) mass is 513 g/mol. The number of fused-ring (bicyclic) bond motifs is 2. The summed E-state index contributed by atoms with van der Waals surface area (Å²) in [6.07, 6.45) is 8.48. The van der Waals surface area contributed by atoms with Crippen LogP contribution >= 0.6 is 0 Å². The van der Waals surface area contributed by atoms with Crippen molar-refractivity contribution < 1.29 is 9.47 Å². The van der Waals surface area contributed by atoms with E-state index in [1.807, 2.05) is 23.7 Å². The van der Waals surface area contributed by atoms with Crippen LogP contribution in [0.4, 0.5) is 11.8 Å². The Balaban J connectivity index is 1.16. The summed E-state index contributed by atoms with van der Waals surface area (Å²) in [5.41, 5.74) is 4.67. The van der Waals surface area contributed by atoms with Crippen LogP contribution in [-0.2, 0) is 17.2 Å². The summed E-state index contributed by atoms with van der Waals surface area (Å²) in [7, 11) is 1.96. The Morgan fingerprint density at radius 1 is 1.03 bits per heavy atom. The largest absolute Gasteiger partial charge is 0.454 e. The van der Waals surface area contributed by atoms with Crippen LogP contribution in [0.25, 0.3) is 16.7 Å². The third-order valence-electron chi connectivity index (χ3n) is 7.31. The highest BCUT2D eigenvalue weighted by Gasteiger charge is 2.29. The molecule has 1 saturated carbocycles. The van der Waals surface area contributed by atoms with Crippen molar-refractivity contribution in [1.82, 2.24) is 38.9 Å². The molecule has 6 heterocycles. The van der Waals surface area contributed by atoms with Crippen LogP contribution in [0, 0.1) is 0 Å². The van der Waals surface area contributed by atoms with Crippen LogP contribution in [0.3, 0.4) is 0 Å². The third kappa shape index (κ3) is 4.07. The Hall–Kier alpha value is -3.99. The fraction of sp³-hybridized carbons (Fsp3) is 0.444. The lowest BCUT2D eigenvalue weighted by molar-refractivity contribution is 0.183. The molecule has 2 aliphatic rings. The number of pyridine rings is 1. The predicted molar refractivity (Wildman–Crippen MR) is 142 cm³/mol. The van der Waals surface area contributed by atoms with Crippen LogP contribution in [-0.4, -0.2) is 52.1 Å². The summed E-state index contributed by atoms with van der Waals surface area (Å²) in [5.74, 6) is 3.22. The molecule has 1 atom stereocenters. The highest BCUT2D eigenvalue weighted by molar-refractivity contribution is 5.77. The number of hydrogen-bond donors (Lipinski definition) is 1. The van der Waals surface area contributed by atoms with E-state index >= 15 is 0 Å². The summed E-state index contributed by atoms with van der Waals surface area (Å²) in [5, 5.41) is 12.8. The molecule has 0 aromatic carbocycles. The van der Waals surface area contributed by atoms with Crippen molar-refractivity contribution in [2.24, 2.45) is 7.05 Å². The first-order valence-electron chi connectivity index (χ1n) is 13.1. The number of imidazole rings is 2. The number of nitrogens with zero attached hydrogens (tertiary/aromatic N) is 8. The molecule has 2 fully saturated rings. The van der Waals surface area contributed by atoms with E-state index in [2.05, 4.69) is 51.9 Å². The van der Waals surface area contributed by atoms with Crippen molar-refractivity contribution in [3.63, 3.8) is 0 Å². The van der Waals surface area contributed by atoms with Gasteiger partial charge in [-0.15, -0.1) is 0 Å². The number of aryl methyl sites for hydroxylation is 1. The second kappa shape index (κ2) is 8.52. The number of hydrogen-bond acceptors (Lipinski definition) is 8. The van der Waals surface area contributed by atoms with Crippen molar-refractivity contribution >= 4 is 28.4 Å². The van der Waals surface area contributed by atoms with Gasteiger partial charge in [-0.25, -0.2) is 14.5 Å². The van der Waals surface area contributed by atoms with E-state index in [0.717, 1.165) is 41.3 Å². The number of ether oxygens (including phenoxy) is 2. The maximum absolute atomic E-state index is 6.16. The maximum atomic E-state index is 6.16. The van der Waals surface area contributed by atoms with Gasteiger partial charge in [0.15, 0.2) is 11.5 Å². The van der Waals surface area contributed by atoms with Crippen LogP contribution < -0.4 is 10.1 Å². The molecule has 1 saturated heterocycles. The van der Waals surface area contributed by atoms with E-state index in [1.165, 1.54) is 12.8 Å². The predicted octanol–water partition coefficient (Wildman–Crippen LogP) is 4.88. The molecule has 0 radical (unpaired) electrons. The van der Waals surface area contributed by atoms with Crippen LogP contribution in [0.1, 0.15) is 63.4 Å². The standard InChI is InChI=1S/C27H31N9O2/c1-27(2,3)22-11-23(33-36(22)17-7-8-37-14-17)31-26-32-25-21(34(26)4)10-18(12-28-25)38-19-9-20-24(16-5-6-16)29-15-35(20)30-13-19/h9-13,15-17H,5-8,14H2,1-4H3,(H,28,31,32,33)/t17-/m1/s1. The van der Waals surface area contributed by atoms with Gasteiger partial charge in [0.25, 0.3) is 0 Å². The Morgan fingerprint density at radius 3 is 2.61 bits per heavy atom. The van der Waals surface area contributed by atoms with Gasteiger partial charge in [-0.1, -0.05) is 20.8 Å². The SMILES string of the molecule is Cn1c(Nc2cc(C(C)(C)C)n([C@@H]3CCOC3)n2)nc2ncc(Oc3cnn4cnc(C5CC5)c4c3)cc21. The Morgan fingerprint density at radius 2 is 1.84 bits per heavy atom. The summed E-state index contributed by atoms with van der Waals surface area (Å²) in [6, 6.07) is 6.29. The lowest BCUT2D eigenvalue weighted by atomic mass is 9.91. The van der Waals surface area contributed by atoms with Gasteiger partial charge in [0.2, 0.25) is 5.95 Å². The van der Waals surface area contributed by atoms with Crippen molar-refractivity contribution in [1.29, 1.82) is 0 Å². The first-order chi connectivity index (χ1) is 18.3. The van der Waals surface area contributed by atoms with Gasteiger partial charge < -0.3 is 19.4 Å². The molecule has 1 N–H and O–H groups in total. The summed E-state index contributed by atoms with van der Waals surface area (Å²) in [4.78, 5) is 13.8. The van der Waals surface area contributed by atoms with Gasteiger partial charge in [-0.3, -0.25) is 4.68 Å². The molecule has 0 amide bonds. The molecule has 11 heteroatoms. The van der Waals surface area contributed by atoms with Crippen molar-refractivity contribution in [3.05, 3.63) is 48.3 Å². The molecule has 1 aliphatic carbocycles. The normalized spacial score (nSPS) is 18.1. The van der Waals surface area contributed by atoms with E-state index in [9.17, 15) is 0 Å².